The quantitative estimate of drug-likeness (QED) is 0.857. The Kier molecular flexibility index (Phi) is 4.21. The van der Waals surface area contributed by atoms with Crippen molar-refractivity contribution >= 4 is 17.2 Å². The van der Waals surface area contributed by atoms with E-state index in [2.05, 4.69) is 15.0 Å². The topological polar surface area (TPSA) is 68.2 Å². The SMILES string of the molecule is Cc1nc(CC(=O)N2CCO[C@@H](c3cnccn3)C2)cs1. The van der Waals surface area contributed by atoms with E-state index in [0.29, 0.717) is 26.1 Å². The Bertz CT molecular complexity index is 616. The highest BCUT2D eigenvalue weighted by molar-refractivity contribution is 7.09. The second kappa shape index (κ2) is 6.28. The number of aryl methyl sites for hydroxylation is 1. The zero-order valence-electron chi connectivity index (χ0n) is 11.7. The molecule has 0 saturated carbocycles. The molecule has 1 aliphatic heterocycles. The number of thiazole rings is 1. The first-order chi connectivity index (χ1) is 10.2. The summed E-state index contributed by atoms with van der Waals surface area (Å²) in [7, 11) is 0. The van der Waals surface area contributed by atoms with E-state index in [9.17, 15) is 4.79 Å². The van der Waals surface area contributed by atoms with Crippen LogP contribution in [-0.4, -0.2) is 45.5 Å². The molecule has 0 radical (unpaired) electrons. The summed E-state index contributed by atoms with van der Waals surface area (Å²) in [6, 6.07) is 0. The molecule has 3 heterocycles. The highest BCUT2D eigenvalue weighted by atomic mass is 32.1. The molecule has 7 heteroatoms. The van der Waals surface area contributed by atoms with E-state index in [1.54, 1.807) is 29.9 Å². The largest absolute Gasteiger partial charge is 0.368 e. The number of carbonyl (C=O) groups excluding carboxylic acids is 1. The predicted octanol–water partition coefficient (Wildman–Crippen LogP) is 1.38. The summed E-state index contributed by atoms with van der Waals surface area (Å²) in [5.41, 5.74) is 1.60. The van der Waals surface area contributed by atoms with Crippen LogP contribution in [0.3, 0.4) is 0 Å². The Morgan fingerprint density at radius 2 is 2.43 bits per heavy atom. The van der Waals surface area contributed by atoms with Crippen molar-refractivity contribution in [1.82, 2.24) is 19.9 Å². The van der Waals surface area contributed by atoms with Gasteiger partial charge in [0.2, 0.25) is 5.91 Å². The molecule has 0 aliphatic carbocycles. The van der Waals surface area contributed by atoms with Gasteiger partial charge < -0.3 is 9.64 Å². The molecule has 21 heavy (non-hydrogen) atoms. The van der Waals surface area contributed by atoms with Gasteiger partial charge in [0.15, 0.2) is 0 Å². The molecule has 6 nitrogen and oxygen atoms in total. The van der Waals surface area contributed by atoms with Gasteiger partial charge in [-0.15, -0.1) is 11.3 Å². The zero-order valence-corrected chi connectivity index (χ0v) is 12.5. The first kappa shape index (κ1) is 14.1. The summed E-state index contributed by atoms with van der Waals surface area (Å²) in [4.78, 5) is 26.8. The van der Waals surface area contributed by atoms with Crippen LogP contribution in [0, 0.1) is 6.92 Å². The van der Waals surface area contributed by atoms with E-state index in [4.69, 9.17) is 4.74 Å². The molecule has 0 spiro atoms. The second-order valence-corrected chi connectivity index (χ2v) is 5.93. The fourth-order valence-corrected chi connectivity index (χ4v) is 2.90. The first-order valence-corrected chi connectivity index (χ1v) is 7.66. The van der Waals surface area contributed by atoms with Crippen LogP contribution in [0.25, 0.3) is 0 Å². The lowest BCUT2D eigenvalue weighted by Crippen LogP contribution is -2.43. The van der Waals surface area contributed by atoms with E-state index in [1.165, 1.54) is 0 Å². The number of aromatic nitrogens is 3. The Balaban J connectivity index is 1.64. The summed E-state index contributed by atoms with van der Waals surface area (Å²) in [5, 5.41) is 2.92. The van der Waals surface area contributed by atoms with Crippen LogP contribution in [-0.2, 0) is 16.0 Å². The van der Waals surface area contributed by atoms with Gasteiger partial charge in [-0.3, -0.25) is 14.8 Å². The molecular formula is C14H16N4O2S. The van der Waals surface area contributed by atoms with Gasteiger partial charge in [-0.25, -0.2) is 4.98 Å². The molecule has 1 atom stereocenters. The Labute approximate surface area is 126 Å². The molecule has 0 aromatic carbocycles. The van der Waals surface area contributed by atoms with Crippen molar-refractivity contribution in [1.29, 1.82) is 0 Å². The van der Waals surface area contributed by atoms with Crippen LogP contribution < -0.4 is 0 Å². The molecule has 1 aliphatic rings. The number of amides is 1. The third-order valence-corrected chi connectivity index (χ3v) is 4.15. The first-order valence-electron chi connectivity index (χ1n) is 6.78. The second-order valence-electron chi connectivity index (χ2n) is 4.86. The highest BCUT2D eigenvalue weighted by Gasteiger charge is 2.26. The molecule has 1 saturated heterocycles. The van der Waals surface area contributed by atoms with Gasteiger partial charge in [0.05, 0.1) is 42.2 Å². The fraction of sp³-hybridized carbons (Fsp3) is 0.429. The number of hydrogen-bond donors (Lipinski definition) is 0. The molecule has 2 aromatic rings. The number of carbonyl (C=O) groups is 1. The minimum atomic E-state index is -0.200. The summed E-state index contributed by atoms with van der Waals surface area (Å²) in [5.74, 6) is 0.0810. The van der Waals surface area contributed by atoms with Crippen molar-refractivity contribution in [2.24, 2.45) is 0 Å². The maximum absolute atomic E-state index is 12.4. The smallest absolute Gasteiger partial charge is 0.228 e. The summed E-state index contributed by atoms with van der Waals surface area (Å²) in [6.07, 6.45) is 5.09. The van der Waals surface area contributed by atoms with Gasteiger partial charge in [0.25, 0.3) is 0 Å². The van der Waals surface area contributed by atoms with Crippen LogP contribution in [0.1, 0.15) is 22.5 Å². The molecule has 2 aromatic heterocycles. The van der Waals surface area contributed by atoms with Crippen molar-refractivity contribution in [3.63, 3.8) is 0 Å². The van der Waals surface area contributed by atoms with Crippen molar-refractivity contribution in [2.75, 3.05) is 19.7 Å². The maximum atomic E-state index is 12.4. The van der Waals surface area contributed by atoms with Crippen LogP contribution in [0.5, 0.6) is 0 Å². The summed E-state index contributed by atoms with van der Waals surface area (Å²) >= 11 is 1.57. The average Bonchev–Trinajstić information content (AvgIpc) is 2.93. The van der Waals surface area contributed by atoms with Crippen LogP contribution in [0.4, 0.5) is 0 Å². The zero-order chi connectivity index (χ0) is 14.7. The van der Waals surface area contributed by atoms with Gasteiger partial charge >= 0.3 is 0 Å². The number of rotatable bonds is 3. The summed E-state index contributed by atoms with van der Waals surface area (Å²) < 4.78 is 5.69. The lowest BCUT2D eigenvalue weighted by molar-refractivity contribution is -0.138. The Hall–Kier alpha value is -1.86. The fourth-order valence-electron chi connectivity index (χ4n) is 2.29. The van der Waals surface area contributed by atoms with Crippen molar-refractivity contribution < 1.29 is 9.53 Å². The van der Waals surface area contributed by atoms with Gasteiger partial charge in [-0.2, -0.15) is 0 Å². The van der Waals surface area contributed by atoms with Gasteiger partial charge in [-0.1, -0.05) is 0 Å². The van der Waals surface area contributed by atoms with E-state index < -0.39 is 0 Å². The third-order valence-electron chi connectivity index (χ3n) is 3.33. The van der Waals surface area contributed by atoms with Gasteiger partial charge in [0.1, 0.15) is 6.10 Å². The Morgan fingerprint density at radius 1 is 1.52 bits per heavy atom. The number of morpholine rings is 1. The van der Waals surface area contributed by atoms with Crippen LogP contribution in [0.15, 0.2) is 24.0 Å². The minimum Gasteiger partial charge on any atom is -0.368 e. The molecule has 110 valence electrons. The molecule has 0 unspecified atom stereocenters. The number of hydrogen-bond acceptors (Lipinski definition) is 6. The van der Waals surface area contributed by atoms with E-state index in [1.807, 2.05) is 17.2 Å². The van der Waals surface area contributed by atoms with E-state index in [0.717, 1.165) is 16.4 Å². The lowest BCUT2D eigenvalue weighted by atomic mass is 10.2. The maximum Gasteiger partial charge on any atom is 0.228 e. The van der Waals surface area contributed by atoms with Gasteiger partial charge in [0, 0.05) is 24.3 Å². The van der Waals surface area contributed by atoms with E-state index in [-0.39, 0.29) is 12.0 Å². The predicted molar refractivity (Wildman–Crippen MR) is 77.9 cm³/mol. The van der Waals surface area contributed by atoms with Gasteiger partial charge in [-0.05, 0) is 6.92 Å². The van der Waals surface area contributed by atoms with Crippen LogP contribution >= 0.6 is 11.3 Å². The molecule has 1 amide bonds. The van der Waals surface area contributed by atoms with Crippen molar-refractivity contribution in [3.8, 4) is 0 Å². The van der Waals surface area contributed by atoms with Crippen molar-refractivity contribution in [2.45, 2.75) is 19.4 Å². The number of ether oxygens (including phenoxy) is 1. The minimum absolute atomic E-state index is 0.0810. The molecule has 1 fully saturated rings. The molecule has 0 bridgehead atoms. The lowest BCUT2D eigenvalue weighted by Gasteiger charge is -2.32. The Morgan fingerprint density at radius 3 is 3.14 bits per heavy atom. The highest BCUT2D eigenvalue weighted by Crippen LogP contribution is 2.20. The monoisotopic (exact) mass is 304 g/mol. The summed E-state index contributed by atoms with van der Waals surface area (Å²) in [6.45, 7) is 3.58. The van der Waals surface area contributed by atoms with E-state index >= 15 is 0 Å². The normalized spacial score (nSPS) is 18.7. The standard InChI is InChI=1S/C14H16N4O2S/c1-10-17-11(9-21-10)6-14(19)18-4-5-20-13(8-18)12-7-15-2-3-16-12/h2-3,7,9,13H,4-6,8H2,1H3/t13-/m1/s1. The van der Waals surface area contributed by atoms with Crippen LogP contribution in [0.2, 0.25) is 0 Å². The third kappa shape index (κ3) is 3.43. The molecule has 3 rings (SSSR count). The molecule has 0 N–H and O–H groups in total. The number of nitrogens with zero attached hydrogens (tertiary/aromatic N) is 4. The average molecular weight is 304 g/mol. The van der Waals surface area contributed by atoms with Crippen molar-refractivity contribution in [3.05, 3.63) is 40.4 Å². The molecular weight excluding hydrogens is 288 g/mol.